The molecule has 2 aromatic rings. The first kappa shape index (κ1) is 16.3. The molecule has 5 heteroatoms. The van der Waals surface area contributed by atoms with Crippen molar-refractivity contribution in [3.8, 4) is 0 Å². The Morgan fingerprint density at radius 3 is 2.57 bits per heavy atom. The number of hydrogen-bond acceptors (Lipinski definition) is 4. The van der Waals surface area contributed by atoms with Crippen molar-refractivity contribution in [1.82, 2.24) is 10.3 Å². The lowest BCUT2D eigenvalue weighted by Gasteiger charge is -2.16. The third-order valence-electron chi connectivity index (χ3n) is 3.38. The van der Waals surface area contributed by atoms with Crippen LogP contribution in [0, 0.1) is 0 Å². The Morgan fingerprint density at radius 1 is 1.19 bits per heavy atom. The molecule has 0 saturated carbocycles. The van der Waals surface area contributed by atoms with Gasteiger partial charge in [-0.1, -0.05) is 23.7 Å². The van der Waals surface area contributed by atoms with E-state index in [-0.39, 0.29) is 0 Å². The molecule has 1 aromatic heterocycles. The van der Waals surface area contributed by atoms with E-state index in [1.54, 1.807) is 11.3 Å². The van der Waals surface area contributed by atoms with Crippen LogP contribution in [0.1, 0.15) is 24.3 Å². The number of aromatic nitrogens is 1. The van der Waals surface area contributed by atoms with Gasteiger partial charge in [0, 0.05) is 35.7 Å². The largest absolute Gasteiger partial charge is 0.349 e. The molecule has 1 N–H and O–H groups in total. The second-order valence-electron chi connectivity index (χ2n) is 4.83. The second-order valence-corrected chi connectivity index (χ2v) is 6.36. The fourth-order valence-electron chi connectivity index (χ4n) is 2.11. The van der Waals surface area contributed by atoms with Gasteiger partial charge in [0.05, 0.1) is 0 Å². The third-order valence-corrected chi connectivity index (χ3v) is 4.69. The van der Waals surface area contributed by atoms with Crippen LogP contribution in [0.4, 0.5) is 5.13 Å². The molecule has 0 aliphatic heterocycles. The summed E-state index contributed by atoms with van der Waals surface area (Å²) < 4.78 is 0. The molecule has 1 aromatic carbocycles. The Bertz CT molecular complexity index is 535. The molecule has 0 aliphatic carbocycles. The van der Waals surface area contributed by atoms with Gasteiger partial charge in [0.15, 0.2) is 5.13 Å². The smallest absolute Gasteiger partial charge is 0.185 e. The number of nitrogens with zero attached hydrogens (tertiary/aromatic N) is 2. The maximum atomic E-state index is 5.88. The number of benzene rings is 1. The summed E-state index contributed by atoms with van der Waals surface area (Å²) in [6.45, 7) is 8.18. The van der Waals surface area contributed by atoms with Gasteiger partial charge in [0.2, 0.25) is 0 Å². The normalized spacial score (nSPS) is 10.8. The summed E-state index contributed by atoms with van der Waals surface area (Å²) in [4.78, 5) is 8.06. The maximum Gasteiger partial charge on any atom is 0.185 e. The van der Waals surface area contributed by atoms with E-state index in [1.807, 2.05) is 18.3 Å². The van der Waals surface area contributed by atoms with Crippen molar-refractivity contribution in [2.75, 3.05) is 24.5 Å². The van der Waals surface area contributed by atoms with Crippen molar-refractivity contribution >= 4 is 28.1 Å². The molecule has 0 saturated heterocycles. The van der Waals surface area contributed by atoms with Gasteiger partial charge >= 0.3 is 0 Å². The minimum Gasteiger partial charge on any atom is -0.349 e. The van der Waals surface area contributed by atoms with Crippen LogP contribution in [-0.4, -0.2) is 24.6 Å². The summed E-state index contributed by atoms with van der Waals surface area (Å²) in [5, 5.41) is 5.38. The summed E-state index contributed by atoms with van der Waals surface area (Å²) in [6.07, 6.45) is 2.99. The molecule has 2 rings (SSSR count). The van der Waals surface area contributed by atoms with Crippen molar-refractivity contribution in [1.29, 1.82) is 0 Å². The highest BCUT2D eigenvalue weighted by atomic mass is 35.5. The van der Waals surface area contributed by atoms with Gasteiger partial charge in [-0.2, -0.15) is 0 Å². The predicted octanol–water partition coefficient (Wildman–Crippen LogP) is 3.98. The van der Waals surface area contributed by atoms with E-state index in [0.717, 1.165) is 42.8 Å². The molecule has 0 unspecified atom stereocenters. The summed E-state index contributed by atoms with van der Waals surface area (Å²) in [5.41, 5.74) is 1.31. The van der Waals surface area contributed by atoms with E-state index in [4.69, 9.17) is 11.6 Å². The molecule has 0 fully saturated rings. The third kappa shape index (κ3) is 4.99. The average molecular weight is 324 g/mol. The van der Waals surface area contributed by atoms with Crippen LogP contribution in [0.25, 0.3) is 0 Å². The molecule has 1 heterocycles. The highest BCUT2D eigenvalue weighted by molar-refractivity contribution is 7.15. The summed E-state index contributed by atoms with van der Waals surface area (Å²) in [7, 11) is 0. The zero-order chi connectivity index (χ0) is 15.1. The summed E-state index contributed by atoms with van der Waals surface area (Å²) in [6, 6.07) is 8.04. The first-order valence-corrected chi connectivity index (χ1v) is 8.57. The number of thiazole rings is 1. The zero-order valence-electron chi connectivity index (χ0n) is 12.6. The number of nitrogens with one attached hydrogen (secondary N) is 1. The second kappa shape index (κ2) is 8.37. The number of hydrogen-bond donors (Lipinski definition) is 1. The quantitative estimate of drug-likeness (QED) is 0.745. The Balaban J connectivity index is 1.75. The maximum absolute atomic E-state index is 5.88. The average Bonchev–Trinajstić information content (AvgIpc) is 2.96. The lowest BCUT2D eigenvalue weighted by molar-refractivity contribution is 0.693. The minimum absolute atomic E-state index is 0.792. The van der Waals surface area contributed by atoms with E-state index in [9.17, 15) is 0 Å². The molecule has 0 atom stereocenters. The highest BCUT2D eigenvalue weighted by Gasteiger charge is 2.07. The van der Waals surface area contributed by atoms with Crippen LogP contribution in [0.5, 0.6) is 0 Å². The van der Waals surface area contributed by atoms with Gasteiger partial charge in [0.25, 0.3) is 0 Å². The first-order valence-electron chi connectivity index (χ1n) is 7.37. The molecule has 0 bridgehead atoms. The molecule has 0 spiro atoms. The Hall–Kier alpha value is -1.10. The van der Waals surface area contributed by atoms with E-state index < -0.39 is 0 Å². The fourth-order valence-corrected chi connectivity index (χ4v) is 3.25. The molecule has 114 valence electrons. The zero-order valence-corrected chi connectivity index (χ0v) is 14.2. The lowest BCUT2D eigenvalue weighted by atomic mass is 10.1. The van der Waals surface area contributed by atoms with E-state index in [1.165, 1.54) is 10.4 Å². The number of anilines is 1. The SMILES string of the molecule is CCN(CC)c1ncc(CNCCc2ccc(Cl)cc2)s1. The molecule has 3 nitrogen and oxygen atoms in total. The fraction of sp³-hybridized carbons (Fsp3) is 0.438. The van der Waals surface area contributed by atoms with Crippen LogP contribution >= 0.6 is 22.9 Å². The molecule has 0 aliphatic rings. The summed E-state index contributed by atoms with van der Waals surface area (Å²) >= 11 is 7.65. The topological polar surface area (TPSA) is 28.2 Å². The van der Waals surface area contributed by atoms with E-state index in [0.29, 0.717) is 0 Å². The molecule has 21 heavy (non-hydrogen) atoms. The Labute approximate surface area is 136 Å². The molecule has 0 radical (unpaired) electrons. The van der Waals surface area contributed by atoms with Crippen LogP contribution in [-0.2, 0) is 13.0 Å². The molecular formula is C16H22ClN3S. The Morgan fingerprint density at radius 2 is 1.90 bits per heavy atom. The van der Waals surface area contributed by atoms with Crippen LogP contribution in [0.3, 0.4) is 0 Å². The Kier molecular flexibility index (Phi) is 6.49. The van der Waals surface area contributed by atoms with Crippen molar-refractivity contribution < 1.29 is 0 Å². The van der Waals surface area contributed by atoms with Crippen LogP contribution in [0.2, 0.25) is 5.02 Å². The number of rotatable bonds is 8. The number of halogens is 1. The minimum atomic E-state index is 0.792. The lowest BCUT2D eigenvalue weighted by Crippen LogP contribution is -2.21. The van der Waals surface area contributed by atoms with Gasteiger partial charge < -0.3 is 10.2 Å². The monoisotopic (exact) mass is 323 g/mol. The van der Waals surface area contributed by atoms with Gasteiger partial charge in [-0.25, -0.2) is 4.98 Å². The van der Waals surface area contributed by atoms with Gasteiger partial charge in [-0.05, 0) is 44.5 Å². The van der Waals surface area contributed by atoms with Crippen LogP contribution in [0.15, 0.2) is 30.5 Å². The van der Waals surface area contributed by atoms with E-state index in [2.05, 4.69) is 41.2 Å². The first-order chi connectivity index (χ1) is 10.2. The highest BCUT2D eigenvalue weighted by Crippen LogP contribution is 2.21. The van der Waals surface area contributed by atoms with E-state index >= 15 is 0 Å². The van der Waals surface area contributed by atoms with Gasteiger partial charge in [-0.15, -0.1) is 11.3 Å². The molecular weight excluding hydrogens is 302 g/mol. The van der Waals surface area contributed by atoms with Crippen molar-refractivity contribution in [2.45, 2.75) is 26.8 Å². The predicted molar refractivity (Wildman–Crippen MR) is 92.5 cm³/mol. The van der Waals surface area contributed by atoms with Crippen molar-refractivity contribution in [3.63, 3.8) is 0 Å². The van der Waals surface area contributed by atoms with Crippen LogP contribution < -0.4 is 10.2 Å². The summed E-state index contributed by atoms with van der Waals surface area (Å²) in [5.74, 6) is 0. The molecule has 0 amide bonds. The van der Waals surface area contributed by atoms with Crippen molar-refractivity contribution in [2.24, 2.45) is 0 Å². The van der Waals surface area contributed by atoms with Crippen molar-refractivity contribution in [3.05, 3.63) is 45.9 Å². The van der Waals surface area contributed by atoms with Gasteiger partial charge in [0.1, 0.15) is 0 Å². The standard InChI is InChI=1S/C16H22ClN3S/c1-3-20(4-2)16-19-12-15(21-16)11-18-10-9-13-5-7-14(17)8-6-13/h5-8,12,18H,3-4,9-11H2,1-2H3. The van der Waals surface area contributed by atoms with Gasteiger partial charge in [-0.3, -0.25) is 0 Å².